The van der Waals surface area contributed by atoms with Crippen molar-refractivity contribution in [1.82, 2.24) is 40.9 Å². The van der Waals surface area contributed by atoms with Crippen molar-refractivity contribution in [3.8, 4) is 23.7 Å². The van der Waals surface area contributed by atoms with Crippen LogP contribution in [0, 0.1) is 23.7 Å². The Balaban J connectivity index is 1.41. The van der Waals surface area contributed by atoms with Crippen molar-refractivity contribution in [2.24, 2.45) is 0 Å². The number of likely N-dealkylation sites (tertiary alicyclic amines) is 2. The molecule has 2 saturated heterocycles. The monoisotopic (exact) mass is 1060 g/mol. The van der Waals surface area contributed by atoms with Crippen LogP contribution in [0.5, 0.6) is 0 Å². The normalized spacial score (nSPS) is 18.0. The van der Waals surface area contributed by atoms with Crippen LogP contribution in [0.25, 0.3) is 0 Å². The molecule has 4 N–H and O–H groups in total. The smallest absolute Gasteiger partial charge is 0.363 e. The molecular formula is C53H70F6N8O8. The van der Waals surface area contributed by atoms with E-state index in [1.807, 2.05) is 30.3 Å². The van der Waals surface area contributed by atoms with Gasteiger partial charge in [0, 0.05) is 51.4 Å². The van der Waals surface area contributed by atoms with Gasteiger partial charge in [0.25, 0.3) is 0 Å². The first-order valence-electron chi connectivity index (χ1n) is 25.1. The Labute approximate surface area is 435 Å². The lowest BCUT2D eigenvalue weighted by Crippen LogP contribution is -2.59. The molecule has 0 radical (unpaired) electrons. The molecule has 4 unspecified atom stereocenters. The summed E-state index contributed by atoms with van der Waals surface area (Å²) in [6, 6.07) is 12.3. The van der Waals surface area contributed by atoms with Crippen LogP contribution in [0.3, 0.4) is 0 Å². The summed E-state index contributed by atoms with van der Waals surface area (Å²) in [5.41, 5.74) is 1.64. The molecule has 0 spiro atoms. The van der Waals surface area contributed by atoms with Crippen LogP contribution in [-0.4, -0.2) is 182 Å². The van der Waals surface area contributed by atoms with Crippen molar-refractivity contribution in [3.63, 3.8) is 0 Å². The quantitative estimate of drug-likeness (QED) is 0.0848. The summed E-state index contributed by atoms with van der Waals surface area (Å²) in [7, 11) is 3.10. The van der Waals surface area contributed by atoms with Crippen LogP contribution < -0.4 is 21.3 Å². The number of amides is 6. The van der Waals surface area contributed by atoms with Crippen molar-refractivity contribution < 1.29 is 64.6 Å². The minimum absolute atomic E-state index is 0.159. The van der Waals surface area contributed by atoms with E-state index in [1.54, 1.807) is 58.3 Å². The lowest BCUT2D eigenvalue weighted by molar-refractivity contribution is -0.186. The van der Waals surface area contributed by atoms with E-state index >= 15 is 0 Å². The zero-order valence-corrected chi connectivity index (χ0v) is 43.3. The third kappa shape index (κ3) is 19.2. The highest BCUT2D eigenvalue weighted by molar-refractivity contribution is 5.91. The zero-order chi connectivity index (χ0) is 55.3. The first-order valence-corrected chi connectivity index (χ1v) is 25.1. The summed E-state index contributed by atoms with van der Waals surface area (Å²) in [6.45, 7) is 4.86. The van der Waals surface area contributed by atoms with E-state index in [4.69, 9.17) is 9.47 Å². The van der Waals surface area contributed by atoms with E-state index in [-0.39, 0.29) is 65.3 Å². The minimum Gasteiger partial charge on any atom is -0.363 e. The summed E-state index contributed by atoms with van der Waals surface area (Å²) < 4.78 is 94.6. The van der Waals surface area contributed by atoms with Gasteiger partial charge in [0.2, 0.25) is 23.6 Å². The standard InChI is InChI=1S/C53H70F6N8O8/c1-36(60-5)46(68)62-44(48(70)66-29-18-25-42(66)34-64(50(72)52(54,55)56)28-17-24-40-20-11-9-12-21-40)38(3)74-32-15-7-8-16-33-75-39(4)45(63-47(69)37(2)61-6)49(71)67-30-19-26-43(67)35-65(51(73)53(57,58)59)31-27-41-22-13-10-14-23-41/h9-14,20-23,36-39,42-45,60-61H,17-19,24-35H2,1-6H3,(H,62,68)(H,63,69)/t36-,37-,38?,39?,42-,43-,44?,45?/m0/s1. The van der Waals surface area contributed by atoms with Crippen LogP contribution in [0.15, 0.2) is 60.7 Å². The Bertz CT molecular complexity index is 2320. The molecule has 412 valence electrons. The van der Waals surface area contributed by atoms with E-state index in [0.29, 0.717) is 32.1 Å². The Morgan fingerprint density at radius 1 is 0.613 bits per heavy atom. The van der Waals surface area contributed by atoms with Gasteiger partial charge in [-0.1, -0.05) is 72.5 Å². The van der Waals surface area contributed by atoms with Gasteiger partial charge < -0.3 is 50.3 Å². The molecule has 2 aliphatic heterocycles. The van der Waals surface area contributed by atoms with Crippen molar-refractivity contribution in [2.75, 3.05) is 66.6 Å². The number of hydrogen-bond donors (Lipinski definition) is 4. The van der Waals surface area contributed by atoms with Crippen LogP contribution in [0.4, 0.5) is 26.3 Å². The number of nitrogens with zero attached hydrogens (tertiary/aromatic N) is 4. The van der Waals surface area contributed by atoms with Gasteiger partial charge in [-0.25, -0.2) is 0 Å². The molecule has 0 saturated carbocycles. The number of ether oxygens (including phenoxy) is 2. The molecular weight excluding hydrogens is 991 g/mol. The van der Waals surface area contributed by atoms with Gasteiger partial charge in [-0.2, -0.15) is 26.3 Å². The van der Waals surface area contributed by atoms with Crippen LogP contribution in [0.1, 0.15) is 70.9 Å². The molecule has 2 aromatic rings. The molecule has 2 fully saturated rings. The maximum atomic E-state index is 14.2. The average Bonchev–Trinajstić information content (AvgIpc) is 4.07. The average molecular weight is 1060 g/mol. The third-order valence-electron chi connectivity index (χ3n) is 13.3. The second kappa shape index (κ2) is 29.8. The molecule has 4 rings (SSSR count). The van der Waals surface area contributed by atoms with E-state index in [9.17, 15) is 55.1 Å². The predicted molar refractivity (Wildman–Crippen MR) is 267 cm³/mol. The molecule has 0 aromatic heterocycles. The summed E-state index contributed by atoms with van der Waals surface area (Å²) >= 11 is 0. The molecule has 8 atom stereocenters. The van der Waals surface area contributed by atoms with Gasteiger partial charge in [-0.3, -0.25) is 28.8 Å². The highest BCUT2D eigenvalue weighted by Crippen LogP contribution is 2.27. The number of nitrogens with one attached hydrogen (secondary N) is 4. The van der Waals surface area contributed by atoms with Gasteiger partial charge in [0.15, 0.2) is 0 Å². The number of benzene rings is 2. The van der Waals surface area contributed by atoms with Crippen molar-refractivity contribution in [1.29, 1.82) is 0 Å². The number of likely N-dealkylation sites (N-methyl/N-ethyl adjacent to an activating group) is 2. The number of carbonyl (C=O) groups is 6. The summed E-state index contributed by atoms with van der Waals surface area (Å²) in [5, 5.41) is 11.0. The molecule has 22 heteroatoms. The molecule has 2 heterocycles. The lowest BCUT2D eigenvalue weighted by Gasteiger charge is -2.35. The van der Waals surface area contributed by atoms with Crippen molar-refractivity contribution in [3.05, 3.63) is 71.8 Å². The maximum Gasteiger partial charge on any atom is 0.471 e. The van der Waals surface area contributed by atoms with E-state index in [1.165, 1.54) is 23.6 Å². The molecule has 2 aliphatic rings. The van der Waals surface area contributed by atoms with Gasteiger partial charge in [-0.05, 0) is 110 Å². The molecule has 0 aliphatic carbocycles. The first-order chi connectivity index (χ1) is 35.6. The molecule has 16 nitrogen and oxygen atoms in total. The number of alkyl halides is 6. The molecule has 75 heavy (non-hydrogen) atoms. The van der Waals surface area contributed by atoms with Crippen molar-refractivity contribution in [2.45, 2.75) is 133 Å². The Kier molecular flexibility index (Phi) is 24.4. The second-order valence-corrected chi connectivity index (χ2v) is 18.6. The number of aryl methyl sites for hydroxylation is 1. The largest absolute Gasteiger partial charge is 0.471 e. The van der Waals surface area contributed by atoms with Crippen LogP contribution >= 0.6 is 0 Å². The van der Waals surface area contributed by atoms with Gasteiger partial charge >= 0.3 is 24.2 Å². The number of hydrogen-bond acceptors (Lipinski definition) is 10. The Hall–Kier alpha value is -6.20. The summed E-state index contributed by atoms with van der Waals surface area (Å²) in [6.07, 6.45) is -9.85. The molecule has 2 aromatic carbocycles. The number of halogens is 6. The fraction of sp³-hybridized carbons (Fsp3) is 0.585. The predicted octanol–water partition coefficient (Wildman–Crippen LogP) is 3.63. The number of carbonyl (C=O) groups excluding carboxylic acids is 6. The van der Waals surface area contributed by atoms with Crippen molar-refractivity contribution >= 4 is 35.4 Å². The van der Waals surface area contributed by atoms with E-state index in [0.717, 1.165) is 20.9 Å². The summed E-state index contributed by atoms with van der Waals surface area (Å²) in [5.74, 6) is 4.29. The van der Waals surface area contributed by atoms with E-state index < -0.39 is 96.3 Å². The first kappa shape index (κ1) is 61.3. The zero-order valence-electron chi connectivity index (χ0n) is 43.3. The third-order valence-corrected chi connectivity index (χ3v) is 13.3. The van der Waals surface area contributed by atoms with E-state index in [2.05, 4.69) is 44.9 Å². The minimum atomic E-state index is -5.14. The highest BCUT2D eigenvalue weighted by Gasteiger charge is 2.46. The Morgan fingerprint density at radius 2 is 1.00 bits per heavy atom. The lowest BCUT2D eigenvalue weighted by atomic mass is 10.1. The topological polar surface area (TPSA) is 182 Å². The SMILES string of the molecule is CN[C@@H](C)C(=O)NC(C(=O)N1CCC[C@H]1CN(CCCc1ccccc1)C(=O)C(F)(F)F)C(C)OCC#CC#CCOC(C)C(NC(=O)[C@H](C)NC)C(=O)N1CCC[C@H]1CN(CCc1ccccc1)C(=O)C(F)(F)F. The molecule has 0 bridgehead atoms. The van der Waals surface area contributed by atoms with Gasteiger partial charge in [-0.15, -0.1) is 0 Å². The van der Waals surface area contributed by atoms with Gasteiger partial charge in [0.05, 0.1) is 24.3 Å². The fourth-order valence-corrected chi connectivity index (χ4v) is 8.71. The Morgan fingerprint density at radius 3 is 1.39 bits per heavy atom. The fourth-order valence-electron chi connectivity index (χ4n) is 8.71. The number of rotatable bonds is 25. The molecule has 6 amide bonds. The van der Waals surface area contributed by atoms with Crippen LogP contribution in [-0.2, 0) is 51.1 Å². The second-order valence-electron chi connectivity index (χ2n) is 18.6. The highest BCUT2D eigenvalue weighted by atomic mass is 19.4. The van der Waals surface area contributed by atoms with Crippen LogP contribution in [0.2, 0.25) is 0 Å². The summed E-state index contributed by atoms with van der Waals surface area (Å²) in [4.78, 5) is 84.1. The maximum absolute atomic E-state index is 14.2. The van der Waals surface area contributed by atoms with Gasteiger partial charge in [0.1, 0.15) is 25.3 Å².